The zero-order valence-electron chi connectivity index (χ0n) is 23.7. The number of carbonyl (C=O) groups excluding carboxylic acids is 3. The number of halogens is 1. The lowest BCUT2D eigenvalue weighted by atomic mass is 9.85. The van der Waals surface area contributed by atoms with Crippen molar-refractivity contribution in [2.45, 2.75) is 96.9 Å². The van der Waals surface area contributed by atoms with E-state index >= 15 is 0 Å². The normalized spacial score (nSPS) is 29.8. The van der Waals surface area contributed by atoms with Gasteiger partial charge in [0.25, 0.3) is 0 Å². The number of alkyl carbamates (subject to hydrolysis) is 1. The number of carbonyl (C=O) groups is 3. The summed E-state index contributed by atoms with van der Waals surface area (Å²) in [5.74, 6) is 0.209. The molecule has 216 valence electrons. The van der Waals surface area contributed by atoms with Gasteiger partial charge in [0.1, 0.15) is 30.2 Å². The van der Waals surface area contributed by atoms with Crippen molar-refractivity contribution in [3.05, 3.63) is 28.9 Å². The van der Waals surface area contributed by atoms with Crippen LogP contribution in [0.15, 0.2) is 18.2 Å². The number of benzene rings is 1. The molecular weight excluding hydrogens is 532 g/mol. The van der Waals surface area contributed by atoms with Crippen LogP contribution < -0.4 is 10.1 Å². The van der Waals surface area contributed by atoms with Crippen molar-refractivity contribution < 1.29 is 23.9 Å². The monoisotopic (exact) mass is 570 g/mol. The number of aromatic nitrogens is 2. The van der Waals surface area contributed by atoms with Crippen LogP contribution in [0.3, 0.4) is 0 Å². The first-order valence-electron chi connectivity index (χ1n) is 14.4. The highest BCUT2D eigenvalue weighted by atomic mass is 35.5. The maximum atomic E-state index is 14.0. The summed E-state index contributed by atoms with van der Waals surface area (Å²) in [5.41, 5.74) is 1.54. The lowest BCUT2D eigenvalue weighted by molar-refractivity contribution is -0.139. The Labute approximate surface area is 240 Å². The Kier molecular flexibility index (Phi) is 8.22. The van der Waals surface area contributed by atoms with Gasteiger partial charge in [-0.1, -0.05) is 52.1 Å². The van der Waals surface area contributed by atoms with Crippen LogP contribution in [0, 0.1) is 17.3 Å². The first-order chi connectivity index (χ1) is 19.1. The number of aldehydes is 1. The molecule has 2 amide bonds. The highest BCUT2D eigenvalue weighted by molar-refractivity contribution is 6.31. The molecule has 0 radical (unpaired) electrons. The predicted molar refractivity (Wildman–Crippen MR) is 151 cm³/mol. The third-order valence-corrected chi connectivity index (χ3v) is 8.69. The molecule has 2 fully saturated rings. The van der Waals surface area contributed by atoms with Crippen LogP contribution in [0.4, 0.5) is 4.79 Å². The average molecular weight is 571 g/mol. The minimum atomic E-state index is -0.868. The number of fused-ring (bicyclic) bond motifs is 5. The van der Waals surface area contributed by atoms with E-state index in [-0.39, 0.29) is 24.5 Å². The average Bonchev–Trinajstić information content (AvgIpc) is 3.53. The minimum absolute atomic E-state index is 0.115. The van der Waals surface area contributed by atoms with E-state index in [0.29, 0.717) is 35.2 Å². The summed E-state index contributed by atoms with van der Waals surface area (Å²) in [6.07, 6.45) is 5.76. The second-order valence-corrected chi connectivity index (χ2v) is 12.9. The van der Waals surface area contributed by atoms with Crippen molar-refractivity contribution in [3.63, 3.8) is 0 Å². The molecule has 1 aliphatic carbocycles. The zero-order chi connectivity index (χ0) is 28.6. The third kappa shape index (κ3) is 6.04. The molecule has 9 nitrogen and oxygen atoms in total. The standard InChI is InChI=1S/C30H39ClN4O5/c1-5-19-23(16-36)35-15-25(19)39-27-21(32-20-12-11-18(31)14-22(20)33-27)10-8-6-7-9-17-13-24(17)40-29(38)34-26(28(35)37)30(2,3)4/h11-12,14,16-17,19,23-26H,5-10,13,15H2,1-4H3,(H,34,38)/t17-,19+,23-,24-,25+,26-/m1/s1. The van der Waals surface area contributed by atoms with Gasteiger partial charge in [-0.15, -0.1) is 0 Å². The maximum Gasteiger partial charge on any atom is 0.408 e. The van der Waals surface area contributed by atoms with Gasteiger partial charge in [-0.2, -0.15) is 0 Å². The first-order valence-corrected chi connectivity index (χ1v) is 14.8. The summed E-state index contributed by atoms with van der Waals surface area (Å²) in [6, 6.07) is 3.87. The van der Waals surface area contributed by atoms with E-state index < -0.39 is 29.7 Å². The summed E-state index contributed by atoms with van der Waals surface area (Å²) in [6.45, 7) is 7.85. The molecule has 1 aromatic heterocycles. The van der Waals surface area contributed by atoms with Gasteiger partial charge in [0.2, 0.25) is 11.8 Å². The van der Waals surface area contributed by atoms with Gasteiger partial charge in [0, 0.05) is 10.9 Å². The molecule has 6 atom stereocenters. The van der Waals surface area contributed by atoms with Crippen molar-refractivity contribution in [1.29, 1.82) is 0 Å². The molecule has 1 saturated heterocycles. The molecule has 3 heterocycles. The molecule has 1 N–H and O–H groups in total. The topological polar surface area (TPSA) is 111 Å². The van der Waals surface area contributed by atoms with Gasteiger partial charge in [0.15, 0.2) is 0 Å². The molecule has 2 aromatic rings. The van der Waals surface area contributed by atoms with Crippen LogP contribution in [0.2, 0.25) is 5.02 Å². The Hall–Kier alpha value is -2.94. The number of nitrogens with zero attached hydrogens (tertiary/aromatic N) is 3. The molecule has 1 saturated carbocycles. The molecule has 40 heavy (non-hydrogen) atoms. The minimum Gasteiger partial charge on any atom is -0.471 e. The second-order valence-electron chi connectivity index (χ2n) is 12.4. The predicted octanol–water partition coefficient (Wildman–Crippen LogP) is 5.11. The Morgan fingerprint density at radius 1 is 1.10 bits per heavy atom. The van der Waals surface area contributed by atoms with Crippen molar-refractivity contribution >= 4 is 40.9 Å². The van der Waals surface area contributed by atoms with Crippen molar-refractivity contribution in [2.24, 2.45) is 17.3 Å². The quantitative estimate of drug-likeness (QED) is 0.499. The van der Waals surface area contributed by atoms with Crippen LogP contribution in [0.1, 0.15) is 71.9 Å². The first kappa shape index (κ1) is 28.6. The molecule has 1 aromatic carbocycles. The molecule has 2 bridgehead atoms. The largest absolute Gasteiger partial charge is 0.471 e. The number of hydrogen-bond acceptors (Lipinski definition) is 7. The highest BCUT2D eigenvalue weighted by Crippen LogP contribution is 2.39. The number of aryl methyl sites for hydroxylation is 1. The highest BCUT2D eigenvalue weighted by Gasteiger charge is 2.49. The lowest BCUT2D eigenvalue weighted by Gasteiger charge is -2.34. The maximum absolute atomic E-state index is 14.0. The van der Waals surface area contributed by atoms with Crippen molar-refractivity contribution in [3.8, 4) is 5.88 Å². The number of hydrogen-bond donors (Lipinski definition) is 1. The van der Waals surface area contributed by atoms with Gasteiger partial charge < -0.3 is 24.5 Å². The molecular formula is C30H39ClN4O5. The van der Waals surface area contributed by atoms with Crippen LogP contribution in [-0.4, -0.2) is 64.0 Å². The summed E-state index contributed by atoms with van der Waals surface area (Å²) < 4.78 is 12.2. The smallest absolute Gasteiger partial charge is 0.408 e. The van der Waals surface area contributed by atoms with Crippen molar-refractivity contribution in [2.75, 3.05) is 6.54 Å². The third-order valence-electron chi connectivity index (χ3n) is 8.45. The summed E-state index contributed by atoms with van der Waals surface area (Å²) >= 11 is 6.24. The molecule has 10 heteroatoms. The van der Waals surface area contributed by atoms with E-state index in [1.165, 1.54) is 0 Å². The van der Waals surface area contributed by atoms with E-state index in [9.17, 15) is 14.4 Å². The Morgan fingerprint density at radius 2 is 1.90 bits per heavy atom. The zero-order valence-corrected chi connectivity index (χ0v) is 24.4. The fourth-order valence-electron chi connectivity index (χ4n) is 6.04. The van der Waals surface area contributed by atoms with Crippen LogP contribution in [0.5, 0.6) is 5.88 Å². The van der Waals surface area contributed by atoms with Crippen LogP contribution in [-0.2, 0) is 20.7 Å². The fraction of sp³-hybridized carbons (Fsp3) is 0.633. The Bertz CT molecular complexity index is 1280. The molecule has 5 rings (SSSR count). The summed E-state index contributed by atoms with van der Waals surface area (Å²) in [4.78, 5) is 50.5. The Morgan fingerprint density at radius 3 is 2.62 bits per heavy atom. The molecule has 2 aliphatic heterocycles. The van der Waals surface area contributed by atoms with Gasteiger partial charge in [-0.05, 0) is 61.6 Å². The van der Waals surface area contributed by atoms with Gasteiger partial charge in [-0.25, -0.2) is 14.8 Å². The van der Waals surface area contributed by atoms with Crippen LogP contribution in [0.25, 0.3) is 11.0 Å². The second kappa shape index (κ2) is 11.5. The molecule has 3 aliphatic rings. The number of amides is 2. The van der Waals surface area contributed by atoms with E-state index in [4.69, 9.17) is 31.0 Å². The van der Waals surface area contributed by atoms with Crippen molar-refractivity contribution in [1.82, 2.24) is 20.2 Å². The van der Waals surface area contributed by atoms with E-state index in [1.807, 2.05) is 33.8 Å². The van der Waals surface area contributed by atoms with Gasteiger partial charge in [-0.3, -0.25) is 4.79 Å². The number of rotatable bonds is 2. The lowest BCUT2D eigenvalue weighted by Crippen LogP contribution is -2.56. The van der Waals surface area contributed by atoms with Gasteiger partial charge in [0.05, 0.1) is 23.6 Å². The van der Waals surface area contributed by atoms with E-state index in [2.05, 4.69) is 5.32 Å². The number of nitrogens with one attached hydrogen (secondary N) is 1. The summed E-state index contributed by atoms with van der Waals surface area (Å²) in [5, 5.41) is 3.39. The fourth-order valence-corrected chi connectivity index (χ4v) is 6.20. The van der Waals surface area contributed by atoms with Gasteiger partial charge >= 0.3 is 6.09 Å². The Balaban J connectivity index is 1.51. The molecule has 0 spiro atoms. The van der Waals surface area contributed by atoms with E-state index in [0.717, 1.165) is 49.6 Å². The van der Waals surface area contributed by atoms with E-state index in [1.54, 1.807) is 17.0 Å². The SMILES string of the molecule is CC[C@@H]1[C@@H]2CN(C(=O)[C@H](C(C)(C)C)NC(=O)O[C@@H]3C[C@H]3CCCCCc3nc4ccc(Cl)cc4nc3O2)[C@@H]1C=O. The van der Waals surface area contributed by atoms with Crippen LogP contribution >= 0.6 is 11.6 Å². The summed E-state index contributed by atoms with van der Waals surface area (Å²) in [7, 11) is 0. The molecule has 0 unspecified atom stereocenters. The number of ether oxygens (including phenoxy) is 2.